The van der Waals surface area contributed by atoms with E-state index >= 15 is 0 Å². The third kappa shape index (κ3) is 24.8. The van der Waals surface area contributed by atoms with Crippen LogP contribution < -0.4 is 26.6 Å². The van der Waals surface area contributed by atoms with Crippen LogP contribution in [0.5, 0.6) is 0 Å². The van der Waals surface area contributed by atoms with E-state index in [1.54, 1.807) is 0 Å². The van der Waals surface area contributed by atoms with Gasteiger partial charge in [0.25, 0.3) is 0 Å². The second kappa shape index (κ2) is 30.2. The lowest BCUT2D eigenvalue weighted by atomic mass is 10.1. The van der Waals surface area contributed by atoms with Crippen molar-refractivity contribution in [3.05, 3.63) is 11.5 Å². The summed E-state index contributed by atoms with van der Waals surface area (Å²) >= 11 is 2.73. The van der Waals surface area contributed by atoms with Gasteiger partial charge in [-0.2, -0.15) is 11.8 Å². The van der Waals surface area contributed by atoms with E-state index in [0.717, 1.165) is 4.91 Å². The number of aliphatic carboxylic acids is 2. The summed E-state index contributed by atoms with van der Waals surface area (Å²) in [4.78, 5) is 98.1. The Kier molecular flexibility index (Phi) is 27.2. The summed E-state index contributed by atoms with van der Waals surface area (Å²) in [5.41, 5.74) is -1.34. The number of hydrogen-bond donors (Lipinski definition) is 7. The third-order valence-electron chi connectivity index (χ3n) is 9.02. The summed E-state index contributed by atoms with van der Waals surface area (Å²) in [6, 6.07) is 0. The van der Waals surface area contributed by atoms with Gasteiger partial charge in [0, 0.05) is 71.6 Å². The predicted octanol–water partition coefficient (Wildman–Crippen LogP) is 1.13. The lowest BCUT2D eigenvalue weighted by Crippen LogP contribution is -2.45. The maximum Gasteiger partial charge on any atom is 0.329 e. The van der Waals surface area contributed by atoms with Gasteiger partial charge in [0.1, 0.15) is 5.54 Å². The summed E-state index contributed by atoms with van der Waals surface area (Å²) in [5.74, 6) is -3.39. The average Bonchev–Trinajstić information content (AvgIpc) is 3.87. The van der Waals surface area contributed by atoms with Crippen molar-refractivity contribution in [1.29, 1.82) is 0 Å². The first-order valence-corrected chi connectivity index (χ1v) is 22.0. The molecule has 0 aromatic carbocycles. The van der Waals surface area contributed by atoms with Crippen LogP contribution >= 0.6 is 23.5 Å². The SMILES string of the molecule is C=C(C)SCC(=O)NCCN(CCNC(=O)CSC)C(=O)CCC(=O)NCC(C)CCOCCOCCC(=O)NCCCCC1CC1(NC(=O)CCC(=O)O)C(=O)O. The molecule has 0 bridgehead atoms. The Balaban J connectivity index is 2.16. The predicted molar refractivity (Wildman–Crippen MR) is 221 cm³/mol. The average molecular weight is 861 g/mol. The number of amides is 6. The molecule has 7 N–H and O–H groups in total. The molecule has 58 heavy (non-hydrogen) atoms. The zero-order valence-electron chi connectivity index (χ0n) is 34.2. The maximum absolute atomic E-state index is 13.0. The molecule has 3 unspecified atom stereocenters. The van der Waals surface area contributed by atoms with Gasteiger partial charge >= 0.3 is 11.9 Å². The number of nitrogens with one attached hydrogen (secondary N) is 5. The first-order chi connectivity index (χ1) is 27.6. The first kappa shape index (κ1) is 52.1. The highest BCUT2D eigenvalue weighted by Gasteiger charge is 2.60. The Bertz CT molecular complexity index is 1370. The molecule has 0 aromatic heterocycles. The summed E-state index contributed by atoms with van der Waals surface area (Å²) in [7, 11) is 0. The van der Waals surface area contributed by atoms with Gasteiger partial charge in [-0.3, -0.25) is 33.6 Å². The van der Waals surface area contributed by atoms with Gasteiger partial charge in [0.15, 0.2) is 0 Å². The molecule has 20 heteroatoms. The lowest BCUT2D eigenvalue weighted by Gasteiger charge is -2.23. The molecule has 1 fully saturated rings. The molecule has 1 aliphatic carbocycles. The molecule has 330 valence electrons. The molecule has 0 spiro atoms. The molecule has 0 aromatic rings. The van der Waals surface area contributed by atoms with Crippen LogP contribution in [0.1, 0.15) is 78.1 Å². The number of ether oxygens (including phenoxy) is 2. The summed E-state index contributed by atoms with van der Waals surface area (Å²) in [6.07, 6.45) is 4.20. The minimum atomic E-state index is -1.34. The van der Waals surface area contributed by atoms with Crippen molar-refractivity contribution >= 4 is 70.9 Å². The fourth-order valence-corrected chi connectivity index (χ4v) is 6.43. The minimum absolute atomic E-state index is 0.00580. The molecule has 0 aliphatic heterocycles. The van der Waals surface area contributed by atoms with E-state index in [1.165, 1.54) is 28.4 Å². The van der Waals surface area contributed by atoms with Crippen LogP contribution in [0.2, 0.25) is 0 Å². The Labute approximate surface area is 349 Å². The standard InChI is InChI=1S/C38H64N6O12S2/c1-27(2)58-26-34(49)41-16-18-44(17-15-40-33(48)25-57-4)35(50)10-8-30(45)42-24-28(3)12-19-55-21-22-56-20-13-31(46)39-14-6-5-7-29-23-38(29,37(53)54)43-32(47)9-11-36(51)52/h28-29H,1,5-26H2,2-4H3,(H,39,46)(H,40,48)(H,41,49)(H,42,45)(H,43,47)(H,51,52)(H,53,54). The number of rotatable bonds is 35. The summed E-state index contributed by atoms with van der Waals surface area (Å²) in [5, 5.41) is 32.0. The number of carbonyl (C=O) groups excluding carboxylic acids is 6. The Morgan fingerprint density at radius 1 is 0.759 bits per heavy atom. The van der Waals surface area contributed by atoms with E-state index < -0.39 is 23.4 Å². The van der Waals surface area contributed by atoms with Gasteiger partial charge in [-0.05, 0) is 55.6 Å². The van der Waals surface area contributed by atoms with Gasteiger partial charge in [0.05, 0.1) is 37.7 Å². The van der Waals surface area contributed by atoms with Crippen molar-refractivity contribution in [2.24, 2.45) is 11.8 Å². The van der Waals surface area contributed by atoms with Crippen molar-refractivity contribution in [3.63, 3.8) is 0 Å². The summed E-state index contributed by atoms with van der Waals surface area (Å²) in [6.45, 7) is 10.7. The molecule has 0 saturated heterocycles. The van der Waals surface area contributed by atoms with Gasteiger partial charge in [-0.25, -0.2) is 4.79 Å². The van der Waals surface area contributed by atoms with Crippen LogP contribution in [0.4, 0.5) is 0 Å². The van der Waals surface area contributed by atoms with Gasteiger partial charge < -0.3 is 51.2 Å². The highest BCUT2D eigenvalue weighted by Crippen LogP contribution is 2.47. The number of carboxylic acids is 2. The maximum atomic E-state index is 13.0. The molecular formula is C38H64N6O12S2. The zero-order chi connectivity index (χ0) is 43.3. The number of carbonyl (C=O) groups is 8. The number of allylic oxidation sites excluding steroid dienone is 1. The number of carboxylic acid groups (broad SMARTS) is 2. The molecule has 6 amide bonds. The second-order valence-corrected chi connectivity index (χ2v) is 16.3. The van der Waals surface area contributed by atoms with Crippen LogP contribution in [0.25, 0.3) is 0 Å². The highest BCUT2D eigenvalue weighted by molar-refractivity contribution is 8.03. The van der Waals surface area contributed by atoms with Crippen molar-refractivity contribution in [2.45, 2.75) is 83.6 Å². The Morgan fingerprint density at radius 3 is 1.98 bits per heavy atom. The molecule has 18 nitrogen and oxygen atoms in total. The lowest BCUT2D eigenvalue weighted by molar-refractivity contribution is -0.144. The van der Waals surface area contributed by atoms with E-state index in [1.807, 2.05) is 20.1 Å². The molecule has 1 aliphatic rings. The van der Waals surface area contributed by atoms with E-state index in [2.05, 4.69) is 33.2 Å². The van der Waals surface area contributed by atoms with Crippen molar-refractivity contribution in [1.82, 2.24) is 31.5 Å². The van der Waals surface area contributed by atoms with Crippen molar-refractivity contribution < 1.29 is 58.0 Å². The molecule has 1 saturated carbocycles. The number of thioether (sulfide) groups is 2. The van der Waals surface area contributed by atoms with E-state index in [9.17, 15) is 43.5 Å². The first-order valence-electron chi connectivity index (χ1n) is 19.6. The van der Waals surface area contributed by atoms with E-state index in [-0.39, 0.29) is 112 Å². The monoisotopic (exact) mass is 860 g/mol. The fraction of sp³-hybridized carbons (Fsp3) is 0.737. The van der Waals surface area contributed by atoms with Crippen LogP contribution in [0, 0.1) is 11.8 Å². The van der Waals surface area contributed by atoms with Gasteiger partial charge in [0.2, 0.25) is 35.4 Å². The number of hydrogen-bond acceptors (Lipinski definition) is 12. The topological polar surface area (TPSA) is 259 Å². The molecule has 0 heterocycles. The normalized spacial score (nSPS) is 16.0. The van der Waals surface area contributed by atoms with E-state index in [0.29, 0.717) is 70.8 Å². The van der Waals surface area contributed by atoms with Crippen molar-refractivity contribution in [3.8, 4) is 0 Å². The van der Waals surface area contributed by atoms with Gasteiger partial charge in [-0.1, -0.05) is 19.9 Å². The van der Waals surface area contributed by atoms with Crippen LogP contribution in [0.15, 0.2) is 11.5 Å². The molecule has 0 radical (unpaired) electrons. The number of unbranched alkanes of at least 4 members (excludes halogenated alkanes) is 1. The van der Waals surface area contributed by atoms with E-state index in [4.69, 9.17) is 14.6 Å². The highest BCUT2D eigenvalue weighted by atomic mass is 32.2. The number of nitrogens with zero attached hydrogens (tertiary/aromatic N) is 1. The largest absolute Gasteiger partial charge is 0.481 e. The zero-order valence-corrected chi connectivity index (χ0v) is 35.8. The quantitative estimate of drug-likeness (QED) is 0.0441. The summed E-state index contributed by atoms with van der Waals surface area (Å²) < 4.78 is 11.1. The third-order valence-corrected chi connectivity index (χ3v) is 10.5. The van der Waals surface area contributed by atoms with Crippen LogP contribution in [-0.4, -0.2) is 151 Å². The fourth-order valence-electron chi connectivity index (χ4n) is 5.58. The van der Waals surface area contributed by atoms with Crippen LogP contribution in [-0.2, 0) is 47.8 Å². The molecule has 3 atom stereocenters. The van der Waals surface area contributed by atoms with Crippen LogP contribution in [0.3, 0.4) is 0 Å². The smallest absolute Gasteiger partial charge is 0.329 e. The molecule has 1 rings (SSSR count). The van der Waals surface area contributed by atoms with Gasteiger partial charge in [-0.15, -0.1) is 11.8 Å². The Morgan fingerprint density at radius 2 is 1.36 bits per heavy atom. The Hall–Kier alpha value is -3.88. The molecular weight excluding hydrogens is 797 g/mol. The van der Waals surface area contributed by atoms with Crippen molar-refractivity contribution in [2.75, 3.05) is 83.5 Å². The second-order valence-electron chi connectivity index (χ2n) is 14.1. The minimum Gasteiger partial charge on any atom is -0.481 e.